The molecule has 1 rings (SSSR count). The van der Waals surface area contributed by atoms with Crippen molar-refractivity contribution in [2.75, 3.05) is 6.54 Å². The number of guanidine groups is 1. The van der Waals surface area contributed by atoms with Crippen LogP contribution in [-0.2, 0) is 44.8 Å². The van der Waals surface area contributed by atoms with Gasteiger partial charge in [0.2, 0.25) is 29.5 Å². The van der Waals surface area contributed by atoms with Crippen LogP contribution in [0.2, 0.25) is 0 Å². The van der Waals surface area contributed by atoms with Crippen molar-refractivity contribution in [3.8, 4) is 5.75 Å². The Kier molecular flexibility index (Phi) is 21.5. The minimum Gasteiger partial charge on any atom is -0.508 e. The Morgan fingerprint density at radius 3 is 1.89 bits per heavy atom. The number of aliphatic carboxylic acids is 1. The molecule has 0 aliphatic heterocycles. The van der Waals surface area contributed by atoms with Gasteiger partial charge in [0.15, 0.2) is 17.5 Å². The number of aliphatic hydroxyl groups is 1. The number of aliphatic imine (C=N–C) groups is 1. The molecule has 0 saturated heterocycles. The highest BCUT2D eigenvalue weighted by molar-refractivity contribution is 5.96. The van der Waals surface area contributed by atoms with Gasteiger partial charge in [0, 0.05) is 50.0 Å². The Morgan fingerprint density at radius 2 is 1.37 bits per heavy atom. The molecule has 0 radical (unpaired) electrons. The number of hydrogen-bond acceptors (Lipinski definition) is 11. The third-order valence-corrected chi connectivity index (χ3v) is 9.68. The van der Waals surface area contributed by atoms with Crippen molar-refractivity contribution in [1.82, 2.24) is 16.0 Å². The molecule has 5 amide bonds. The van der Waals surface area contributed by atoms with E-state index in [1.54, 1.807) is 26.0 Å². The van der Waals surface area contributed by atoms with E-state index in [0.717, 1.165) is 0 Å². The molecule has 318 valence electrons. The molecular weight excluding hydrogens is 744 g/mol. The number of nitrogens with two attached hydrogens (primary N) is 4. The van der Waals surface area contributed by atoms with Crippen LogP contribution < -0.4 is 38.9 Å². The number of nitrogens with zero attached hydrogens (tertiary/aromatic N) is 1. The molecule has 0 aromatic heterocycles. The van der Waals surface area contributed by atoms with Crippen molar-refractivity contribution in [2.45, 2.75) is 116 Å². The topological polar surface area (TPSA) is 350 Å². The van der Waals surface area contributed by atoms with Gasteiger partial charge in [-0.15, -0.1) is 0 Å². The van der Waals surface area contributed by atoms with E-state index in [-0.39, 0.29) is 63.2 Å². The van der Waals surface area contributed by atoms with Crippen molar-refractivity contribution in [3.05, 3.63) is 29.8 Å². The van der Waals surface area contributed by atoms with Crippen molar-refractivity contribution in [3.63, 3.8) is 0 Å². The lowest BCUT2D eigenvalue weighted by molar-refractivity contribution is -0.138. The normalized spacial score (nSPS) is 15.2. The third-order valence-electron chi connectivity index (χ3n) is 9.68. The summed E-state index contributed by atoms with van der Waals surface area (Å²) in [5, 5.41) is 36.8. The van der Waals surface area contributed by atoms with E-state index in [1.165, 1.54) is 26.0 Å². The molecule has 0 unspecified atom stereocenters. The second-order valence-electron chi connectivity index (χ2n) is 14.4. The van der Waals surface area contributed by atoms with Gasteiger partial charge in [-0.05, 0) is 62.6 Å². The number of hydrogen-bond donors (Lipinski definition) is 10. The molecule has 0 spiro atoms. The van der Waals surface area contributed by atoms with Crippen LogP contribution in [-0.4, -0.2) is 99.1 Å². The van der Waals surface area contributed by atoms with E-state index in [9.17, 15) is 48.6 Å². The van der Waals surface area contributed by atoms with Gasteiger partial charge >= 0.3 is 5.97 Å². The predicted molar refractivity (Wildman–Crippen MR) is 209 cm³/mol. The molecule has 0 bridgehead atoms. The number of benzene rings is 1. The lowest BCUT2D eigenvalue weighted by Crippen LogP contribution is -2.51. The van der Waals surface area contributed by atoms with Crippen molar-refractivity contribution < 1.29 is 53.7 Å². The van der Waals surface area contributed by atoms with Crippen LogP contribution in [0.1, 0.15) is 91.0 Å². The molecule has 1 aromatic carbocycles. The van der Waals surface area contributed by atoms with Gasteiger partial charge in [0.05, 0.1) is 12.1 Å². The summed E-state index contributed by atoms with van der Waals surface area (Å²) in [4.78, 5) is 107. The first-order chi connectivity index (χ1) is 26.7. The number of Topliss-reactive ketones (excluding diaryl/α,β-unsaturated/α-hetero) is 2. The van der Waals surface area contributed by atoms with Crippen LogP contribution in [0, 0.1) is 23.7 Å². The molecule has 1 aromatic rings. The van der Waals surface area contributed by atoms with Crippen LogP contribution in [0.4, 0.5) is 0 Å². The number of ketones is 2. The lowest BCUT2D eigenvalue weighted by atomic mass is 9.84. The Hall–Kier alpha value is -5.59. The molecule has 0 aliphatic carbocycles. The highest BCUT2D eigenvalue weighted by Gasteiger charge is 2.36. The maximum absolute atomic E-state index is 14.0. The quantitative estimate of drug-likeness (QED) is 0.0284. The van der Waals surface area contributed by atoms with E-state index >= 15 is 0 Å². The first kappa shape index (κ1) is 49.4. The van der Waals surface area contributed by atoms with Gasteiger partial charge in [-0.2, -0.15) is 0 Å². The fourth-order valence-corrected chi connectivity index (χ4v) is 5.93. The number of carboxylic acid groups (broad SMARTS) is 1. The Balaban J connectivity index is 3.38. The van der Waals surface area contributed by atoms with Gasteiger partial charge in [0.25, 0.3) is 0 Å². The SMILES string of the molecule is CC[C@H](C)[C@H](CC(=O)[C@@H](NC(=O)[C@@H](C)CCC(=O)O)[C@@H](C)O)C(=O)N[C@@H](CCC(N)=O)C(=O)C[C@@H](Cc1ccc(O)cc1)C(=O)N[C@@H](CCCN=C(N)N)C(N)=O. The zero-order valence-corrected chi connectivity index (χ0v) is 33.1. The molecule has 0 aliphatic rings. The Morgan fingerprint density at radius 1 is 0.754 bits per heavy atom. The van der Waals surface area contributed by atoms with Gasteiger partial charge < -0.3 is 54.2 Å². The van der Waals surface area contributed by atoms with Gasteiger partial charge in [-0.3, -0.25) is 43.3 Å². The number of aliphatic hydroxyl groups excluding tert-OH is 1. The number of phenols is 1. The van der Waals surface area contributed by atoms with E-state index in [0.29, 0.717) is 12.0 Å². The number of primary amides is 2. The highest BCUT2D eigenvalue weighted by atomic mass is 16.4. The van der Waals surface area contributed by atoms with E-state index in [1.807, 2.05) is 0 Å². The summed E-state index contributed by atoms with van der Waals surface area (Å²) >= 11 is 0. The monoisotopic (exact) mass is 804 g/mol. The molecule has 8 atom stereocenters. The van der Waals surface area contributed by atoms with Gasteiger partial charge in [-0.25, -0.2) is 0 Å². The fraction of sp³-hybridized carbons (Fsp3) is 0.605. The van der Waals surface area contributed by atoms with Crippen molar-refractivity contribution in [1.29, 1.82) is 0 Å². The smallest absolute Gasteiger partial charge is 0.303 e. The predicted octanol–water partition coefficient (Wildman–Crippen LogP) is -0.728. The Bertz CT molecular complexity index is 1580. The molecule has 57 heavy (non-hydrogen) atoms. The minimum absolute atomic E-state index is 0.00954. The summed E-state index contributed by atoms with van der Waals surface area (Å²) in [6, 6.07) is 1.94. The largest absolute Gasteiger partial charge is 0.508 e. The zero-order valence-electron chi connectivity index (χ0n) is 33.1. The summed E-state index contributed by atoms with van der Waals surface area (Å²) in [7, 11) is 0. The molecule has 14 N–H and O–H groups in total. The second kappa shape index (κ2) is 24.8. The lowest BCUT2D eigenvalue weighted by Gasteiger charge is -2.28. The summed E-state index contributed by atoms with van der Waals surface area (Å²) in [6.45, 7) is 6.39. The second-order valence-corrected chi connectivity index (χ2v) is 14.4. The summed E-state index contributed by atoms with van der Waals surface area (Å²) in [6.07, 6.45) is -2.46. The minimum atomic E-state index is -1.42. The van der Waals surface area contributed by atoms with Crippen LogP contribution in [0.3, 0.4) is 0 Å². The standard InChI is InChI=1S/C38H60N8O11/c1-5-20(2)26(19-30(50)33(22(4)47)46-35(55)21(3)8-15-32(52)53)37(57)44-27(13-14-31(39)51)29(49)18-24(17-23-9-11-25(48)12-10-23)36(56)45-28(34(40)54)7-6-16-43-38(41)42/h9-12,20-22,24,26-28,33,47-48H,5-8,13-19H2,1-4H3,(H2,39,51)(H2,40,54)(H,44,57)(H,45,56)(H,46,55)(H,52,53)(H4,41,42,43)/t20-,21-,22+,24+,26-,27-,28-,33-/m0/s1. The maximum Gasteiger partial charge on any atom is 0.303 e. The van der Waals surface area contributed by atoms with Crippen LogP contribution in [0.5, 0.6) is 5.75 Å². The number of phenolic OH excluding ortho intramolecular Hbond substituents is 1. The average molecular weight is 805 g/mol. The van der Waals surface area contributed by atoms with Crippen molar-refractivity contribution in [2.24, 2.45) is 51.6 Å². The number of carboxylic acids is 1. The zero-order chi connectivity index (χ0) is 43.4. The number of nitrogens with one attached hydrogen (secondary N) is 3. The number of amides is 5. The van der Waals surface area contributed by atoms with Crippen LogP contribution in [0.25, 0.3) is 0 Å². The Labute approximate surface area is 332 Å². The van der Waals surface area contributed by atoms with Gasteiger partial charge in [-0.1, -0.05) is 39.3 Å². The molecule has 0 saturated carbocycles. The average Bonchev–Trinajstić information content (AvgIpc) is 3.13. The molecule has 19 heteroatoms. The first-order valence-electron chi connectivity index (χ1n) is 18.9. The number of aromatic hydroxyl groups is 1. The molecular formula is C38H60N8O11. The van der Waals surface area contributed by atoms with Gasteiger partial charge in [0.1, 0.15) is 17.8 Å². The molecule has 19 nitrogen and oxygen atoms in total. The summed E-state index contributed by atoms with van der Waals surface area (Å²) < 4.78 is 0. The summed E-state index contributed by atoms with van der Waals surface area (Å²) in [5.74, 6) is -9.81. The molecule has 0 fully saturated rings. The van der Waals surface area contributed by atoms with E-state index in [4.69, 9.17) is 28.0 Å². The molecule has 0 heterocycles. The van der Waals surface area contributed by atoms with Crippen LogP contribution in [0.15, 0.2) is 29.3 Å². The number of rotatable bonds is 28. The maximum atomic E-state index is 14.0. The number of carbonyl (C=O) groups is 8. The number of carbonyl (C=O) groups excluding carboxylic acids is 7. The third kappa shape index (κ3) is 18.7. The first-order valence-corrected chi connectivity index (χ1v) is 18.9. The highest BCUT2D eigenvalue weighted by Crippen LogP contribution is 2.23. The fourth-order valence-electron chi connectivity index (χ4n) is 5.93. The van der Waals surface area contributed by atoms with Crippen LogP contribution >= 0.6 is 0 Å². The van der Waals surface area contributed by atoms with Crippen molar-refractivity contribution >= 4 is 53.0 Å². The van der Waals surface area contributed by atoms with E-state index in [2.05, 4.69) is 20.9 Å². The summed E-state index contributed by atoms with van der Waals surface area (Å²) in [5.41, 5.74) is 22.2. The van der Waals surface area contributed by atoms with E-state index < -0.39 is 108 Å².